The van der Waals surface area contributed by atoms with E-state index in [4.69, 9.17) is 24.2 Å². The van der Waals surface area contributed by atoms with Crippen LogP contribution in [-0.2, 0) is 25.7 Å². The van der Waals surface area contributed by atoms with E-state index >= 15 is 0 Å². The molecule has 0 bridgehead atoms. The van der Waals surface area contributed by atoms with Crippen molar-refractivity contribution >= 4 is 23.2 Å². The molecule has 4 heterocycles. The van der Waals surface area contributed by atoms with Gasteiger partial charge in [-0.2, -0.15) is 0 Å². The van der Waals surface area contributed by atoms with E-state index in [1.165, 1.54) is 0 Å². The van der Waals surface area contributed by atoms with Gasteiger partial charge in [0.25, 0.3) is 11.8 Å². The van der Waals surface area contributed by atoms with Gasteiger partial charge in [-0.05, 0) is 30.7 Å². The van der Waals surface area contributed by atoms with Crippen LogP contribution in [0.25, 0.3) is 0 Å². The zero-order valence-corrected chi connectivity index (χ0v) is 19.0. The highest BCUT2D eigenvalue weighted by Gasteiger charge is 2.35. The smallest absolute Gasteiger partial charge is 0.270 e. The molecule has 1 fully saturated rings. The van der Waals surface area contributed by atoms with Crippen molar-refractivity contribution in [2.75, 3.05) is 31.7 Å². The van der Waals surface area contributed by atoms with E-state index in [0.717, 1.165) is 5.56 Å². The molecule has 1 aromatic heterocycles. The molecule has 3 aliphatic rings. The molecule has 0 aliphatic carbocycles. The number of carbonyl (C=O) groups excluding carboxylic acids is 2. The van der Waals surface area contributed by atoms with Crippen LogP contribution in [0.4, 0.5) is 5.69 Å². The van der Waals surface area contributed by atoms with Gasteiger partial charge in [-0.3, -0.25) is 9.59 Å². The average Bonchev–Trinajstić information content (AvgIpc) is 3.37. The van der Waals surface area contributed by atoms with Crippen LogP contribution in [0.3, 0.4) is 0 Å². The van der Waals surface area contributed by atoms with Crippen molar-refractivity contribution in [1.29, 1.82) is 0 Å². The largest absolute Gasteiger partial charge is 0.482 e. The molecule has 3 atom stereocenters. The Labute approximate surface area is 200 Å². The number of nitrogens with zero attached hydrogens (tertiary/aromatic N) is 3. The molecule has 0 saturated carbocycles. The Bertz CT molecular complexity index is 1160. The number of benzene rings is 1. The maximum Gasteiger partial charge on any atom is 0.270 e. The fourth-order valence-electron chi connectivity index (χ4n) is 3.97. The first-order chi connectivity index (χ1) is 17.0. The van der Waals surface area contributed by atoms with Crippen LogP contribution in [0, 0.1) is 6.92 Å². The highest BCUT2D eigenvalue weighted by Crippen LogP contribution is 2.28. The molecule has 5 rings (SSSR count). The third-order valence-electron chi connectivity index (χ3n) is 5.80. The van der Waals surface area contributed by atoms with Crippen LogP contribution in [0.1, 0.15) is 34.0 Å². The SMILES string of the molecule is Cc1nc(C(=O)NCc2ccc3c(c2)NC(=O)CO3)cc(C2=NOC([C@H]3CO[C@H](CO)CO3)C2)n1. The van der Waals surface area contributed by atoms with Crippen LogP contribution in [0.5, 0.6) is 5.75 Å². The van der Waals surface area contributed by atoms with Crippen LogP contribution in [0.15, 0.2) is 29.4 Å². The van der Waals surface area contributed by atoms with Gasteiger partial charge in [0.2, 0.25) is 0 Å². The van der Waals surface area contributed by atoms with Crippen LogP contribution in [-0.4, -0.2) is 77.3 Å². The monoisotopic (exact) mass is 483 g/mol. The average molecular weight is 483 g/mol. The van der Waals surface area contributed by atoms with Crippen LogP contribution < -0.4 is 15.4 Å². The number of hydrogen-bond donors (Lipinski definition) is 3. The van der Waals surface area contributed by atoms with Gasteiger partial charge in [-0.1, -0.05) is 11.2 Å². The molecular formula is C23H25N5O7. The third kappa shape index (κ3) is 5.24. The second-order valence-corrected chi connectivity index (χ2v) is 8.43. The minimum atomic E-state index is -0.370. The number of aromatic nitrogens is 2. The topological polar surface area (TPSA) is 153 Å². The summed E-state index contributed by atoms with van der Waals surface area (Å²) in [6.45, 7) is 2.42. The lowest BCUT2D eigenvalue weighted by Gasteiger charge is -2.30. The summed E-state index contributed by atoms with van der Waals surface area (Å²) in [6, 6.07) is 6.91. The summed E-state index contributed by atoms with van der Waals surface area (Å²) in [7, 11) is 0. The molecule has 3 N–H and O–H groups in total. The number of rotatable bonds is 6. The van der Waals surface area contributed by atoms with E-state index in [0.29, 0.717) is 41.7 Å². The molecule has 1 aromatic carbocycles. The number of aryl methyl sites for hydroxylation is 1. The predicted octanol–water partition coefficient (Wildman–Crippen LogP) is 0.315. The van der Waals surface area contributed by atoms with E-state index in [-0.39, 0.29) is 62.2 Å². The zero-order valence-electron chi connectivity index (χ0n) is 19.0. The molecule has 2 aromatic rings. The number of nitrogens with one attached hydrogen (secondary N) is 2. The fourth-order valence-corrected chi connectivity index (χ4v) is 3.97. The van der Waals surface area contributed by atoms with Gasteiger partial charge in [-0.15, -0.1) is 0 Å². The quantitative estimate of drug-likeness (QED) is 0.527. The number of oxime groups is 1. The predicted molar refractivity (Wildman–Crippen MR) is 121 cm³/mol. The van der Waals surface area contributed by atoms with Crippen molar-refractivity contribution in [2.24, 2.45) is 5.16 Å². The van der Waals surface area contributed by atoms with E-state index in [9.17, 15) is 9.59 Å². The van der Waals surface area contributed by atoms with Crippen molar-refractivity contribution in [3.63, 3.8) is 0 Å². The zero-order chi connectivity index (χ0) is 24.4. The summed E-state index contributed by atoms with van der Waals surface area (Å²) >= 11 is 0. The summed E-state index contributed by atoms with van der Waals surface area (Å²) in [4.78, 5) is 38.6. The Kier molecular flexibility index (Phi) is 6.57. The molecule has 1 saturated heterocycles. The summed E-state index contributed by atoms with van der Waals surface area (Å²) in [6.07, 6.45) is -0.535. The number of carbonyl (C=O) groups is 2. The van der Waals surface area contributed by atoms with Gasteiger partial charge in [0.15, 0.2) is 12.7 Å². The highest BCUT2D eigenvalue weighted by atomic mass is 16.7. The van der Waals surface area contributed by atoms with Crippen molar-refractivity contribution in [3.8, 4) is 5.75 Å². The normalized spacial score (nSPS) is 23.4. The summed E-state index contributed by atoms with van der Waals surface area (Å²) in [5.74, 6) is 0.424. The number of fused-ring (bicyclic) bond motifs is 1. The maximum atomic E-state index is 12.8. The van der Waals surface area contributed by atoms with Crippen molar-refractivity contribution in [2.45, 2.75) is 38.2 Å². The molecule has 35 heavy (non-hydrogen) atoms. The van der Waals surface area contributed by atoms with Crippen molar-refractivity contribution < 1.29 is 33.7 Å². The van der Waals surface area contributed by atoms with Gasteiger partial charge >= 0.3 is 0 Å². The Balaban J connectivity index is 1.21. The van der Waals surface area contributed by atoms with Gasteiger partial charge in [0.1, 0.15) is 35.2 Å². The third-order valence-corrected chi connectivity index (χ3v) is 5.80. The lowest BCUT2D eigenvalue weighted by atomic mass is 10.0. The van der Waals surface area contributed by atoms with E-state index in [1.54, 1.807) is 25.1 Å². The lowest BCUT2D eigenvalue weighted by molar-refractivity contribution is -0.178. The van der Waals surface area contributed by atoms with E-state index in [2.05, 4.69) is 25.8 Å². The number of ether oxygens (including phenoxy) is 3. The molecule has 0 spiro atoms. The van der Waals surface area contributed by atoms with E-state index < -0.39 is 0 Å². The molecule has 3 aliphatic heterocycles. The number of hydrogen-bond acceptors (Lipinski definition) is 10. The minimum absolute atomic E-state index is 0.0127. The van der Waals surface area contributed by atoms with Gasteiger partial charge in [0.05, 0.1) is 31.2 Å². The Morgan fingerprint density at radius 2 is 2.09 bits per heavy atom. The van der Waals surface area contributed by atoms with Gasteiger partial charge < -0.3 is 34.8 Å². The maximum absolute atomic E-state index is 12.8. The van der Waals surface area contributed by atoms with Crippen LogP contribution in [0.2, 0.25) is 0 Å². The molecule has 1 unspecified atom stereocenters. The first-order valence-electron chi connectivity index (χ1n) is 11.2. The van der Waals surface area contributed by atoms with Crippen LogP contribution >= 0.6 is 0 Å². The Morgan fingerprint density at radius 1 is 1.20 bits per heavy atom. The molecular weight excluding hydrogens is 458 g/mol. The second-order valence-electron chi connectivity index (χ2n) is 8.43. The standard InChI is InChI=1S/C23H25N5O7/c1-12-25-15(16-6-20(35-28-16)21-10-32-14(8-29)9-33-21)5-18(26-12)23(31)24-7-13-2-3-19-17(4-13)27-22(30)11-34-19/h2-5,14,20-21,29H,6-11H2,1H3,(H,24,31)(H,27,30)/t14-,20?,21-/m1/s1. The first kappa shape index (κ1) is 23.1. The number of aliphatic hydroxyl groups excluding tert-OH is 1. The van der Waals surface area contributed by atoms with E-state index in [1.807, 2.05) is 6.07 Å². The molecule has 12 heteroatoms. The first-order valence-corrected chi connectivity index (χ1v) is 11.2. The Hall–Kier alpha value is -3.61. The summed E-state index contributed by atoms with van der Waals surface area (Å²) in [5.41, 5.74) is 2.66. The van der Waals surface area contributed by atoms with Crippen molar-refractivity contribution in [1.82, 2.24) is 15.3 Å². The minimum Gasteiger partial charge on any atom is -0.482 e. The highest BCUT2D eigenvalue weighted by molar-refractivity contribution is 6.02. The van der Waals surface area contributed by atoms with Gasteiger partial charge in [-0.25, -0.2) is 9.97 Å². The Morgan fingerprint density at radius 3 is 2.89 bits per heavy atom. The summed E-state index contributed by atoms with van der Waals surface area (Å²) < 4.78 is 16.6. The summed E-state index contributed by atoms with van der Waals surface area (Å²) in [5, 5.41) is 18.9. The molecule has 0 radical (unpaired) electrons. The molecule has 184 valence electrons. The van der Waals surface area contributed by atoms with Gasteiger partial charge in [0, 0.05) is 13.0 Å². The molecule has 12 nitrogen and oxygen atoms in total. The molecule has 2 amide bonds. The second kappa shape index (κ2) is 9.94. The fraction of sp³-hybridized carbons (Fsp3) is 0.435. The lowest BCUT2D eigenvalue weighted by Crippen LogP contribution is -2.43. The van der Waals surface area contributed by atoms with Crippen molar-refractivity contribution in [3.05, 3.63) is 47.0 Å². The number of amides is 2. The number of aliphatic hydroxyl groups is 1. The number of anilines is 1.